The zero-order valence-electron chi connectivity index (χ0n) is 16.7. The fraction of sp³-hybridized carbons (Fsp3) is 0.571. The van der Waals surface area contributed by atoms with Crippen molar-refractivity contribution in [3.05, 3.63) is 42.2 Å². The normalized spacial score (nSPS) is 26.5. The maximum Gasteiger partial charge on any atom is 0.229 e. The number of rotatable bonds is 7. The number of aromatic nitrogens is 3. The number of hydrogen-bond donors (Lipinski definition) is 2. The Balaban J connectivity index is 1.31. The molecular weight excluding hydrogens is 370 g/mol. The van der Waals surface area contributed by atoms with E-state index in [4.69, 9.17) is 0 Å². The van der Waals surface area contributed by atoms with Crippen LogP contribution in [-0.2, 0) is 17.1 Å². The molecule has 1 aromatic carbocycles. The van der Waals surface area contributed by atoms with Crippen LogP contribution in [-0.4, -0.2) is 46.1 Å². The summed E-state index contributed by atoms with van der Waals surface area (Å²) in [4.78, 5) is 15.3. The van der Waals surface area contributed by atoms with Gasteiger partial charge in [0.15, 0.2) is 0 Å². The fourth-order valence-corrected chi connectivity index (χ4v) is 5.40. The third-order valence-corrected chi connectivity index (χ3v) is 6.99. The molecule has 2 aromatic rings. The van der Waals surface area contributed by atoms with Crippen LogP contribution in [0, 0.1) is 11.8 Å². The summed E-state index contributed by atoms with van der Waals surface area (Å²) >= 11 is 1.79. The van der Waals surface area contributed by atoms with Gasteiger partial charge >= 0.3 is 0 Å². The van der Waals surface area contributed by atoms with Crippen molar-refractivity contribution in [1.82, 2.24) is 20.3 Å². The number of quaternary nitrogens is 1. The quantitative estimate of drug-likeness (QED) is 0.690. The van der Waals surface area contributed by atoms with Crippen LogP contribution in [0.25, 0.3) is 0 Å². The Morgan fingerprint density at radius 1 is 1.36 bits per heavy atom. The summed E-state index contributed by atoms with van der Waals surface area (Å²) < 4.78 is 2.00. The largest absolute Gasteiger partial charge is 0.353 e. The molecule has 1 amide bonds. The van der Waals surface area contributed by atoms with Gasteiger partial charge in [0.05, 0.1) is 31.2 Å². The fourth-order valence-electron chi connectivity index (χ4n) is 4.60. The molecule has 3 fully saturated rings. The molecule has 3 saturated heterocycles. The number of nitrogens with one attached hydrogen (secondary N) is 2. The Morgan fingerprint density at radius 3 is 2.89 bits per heavy atom. The maximum absolute atomic E-state index is 12.5. The standard InChI is InChI=1S/C21H29N5OS/c1-15(2)22-21(27)20-13-25-9-8-16(20)10-18(25)12-26-11-17(23-24-26)14-28-19-6-4-3-5-7-19/h3-7,11,15-16,18,20H,8-10,12-14H2,1-2H3,(H,22,27)/p+1/t16-,18+,20-/m0/s1. The van der Waals surface area contributed by atoms with Gasteiger partial charge in [0.2, 0.25) is 5.91 Å². The third kappa shape index (κ3) is 4.58. The Hall–Kier alpha value is -1.86. The van der Waals surface area contributed by atoms with Gasteiger partial charge in [-0.3, -0.25) is 4.79 Å². The SMILES string of the molecule is CC(C)NC(=O)[C@H]1C[NH+]2CC[C@H]1C[C@@H]2Cn1cc(CSc2ccccc2)nn1. The van der Waals surface area contributed by atoms with Crippen molar-refractivity contribution in [3.8, 4) is 0 Å². The molecule has 4 heterocycles. The highest BCUT2D eigenvalue weighted by Gasteiger charge is 2.46. The number of amides is 1. The smallest absolute Gasteiger partial charge is 0.229 e. The molecule has 7 heteroatoms. The van der Waals surface area contributed by atoms with Gasteiger partial charge < -0.3 is 10.2 Å². The molecule has 4 atom stereocenters. The van der Waals surface area contributed by atoms with Gasteiger partial charge in [0.25, 0.3) is 0 Å². The predicted molar refractivity (Wildman–Crippen MR) is 110 cm³/mol. The van der Waals surface area contributed by atoms with Crippen LogP contribution in [0.15, 0.2) is 41.4 Å². The minimum absolute atomic E-state index is 0.177. The van der Waals surface area contributed by atoms with Crippen LogP contribution in [0.1, 0.15) is 32.4 Å². The van der Waals surface area contributed by atoms with Crippen LogP contribution in [0.3, 0.4) is 0 Å². The first-order valence-electron chi connectivity index (χ1n) is 10.3. The van der Waals surface area contributed by atoms with Crippen molar-refractivity contribution in [2.24, 2.45) is 11.8 Å². The van der Waals surface area contributed by atoms with Crippen molar-refractivity contribution in [2.45, 2.75) is 56.0 Å². The number of thioether (sulfide) groups is 1. The van der Waals surface area contributed by atoms with Gasteiger partial charge in [-0.2, -0.15) is 0 Å². The van der Waals surface area contributed by atoms with Crippen LogP contribution >= 0.6 is 11.8 Å². The molecular formula is C21H30N5OS+. The molecule has 150 valence electrons. The molecule has 6 nitrogen and oxygen atoms in total. The lowest BCUT2D eigenvalue weighted by Gasteiger charge is -2.46. The zero-order valence-corrected chi connectivity index (χ0v) is 17.5. The second-order valence-corrected chi connectivity index (χ2v) is 9.45. The van der Waals surface area contributed by atoms with Gasteiger partial charge in [-0.1, -0.05) is 23.4 Å². The molecule has 28 heavy (non-hydrogen) atoms. The highest BCUT2D eigenvalue weighted by atomic mass is 32.2. The first-order chi connectivity index (χ1) is 13.6. The van der Waals surface area contributed by atoms with E-state index in [9.17, 15) is 4.79 Å². The van der Waals surface area contributed by atoms with E-state index in [0.717, 1.165) is 31.0 Å². The summed E-state index contributed by atoms with van der Waals surface area (Å²) in [5, 5.41) is 11.8. The number of piperidine rings is 3. The molecule has 2 bridgehead atoms. The van der Waals surface area contributed by atoms with Crippen molar-refractivity contribution < 1.29 is 9.69 Å². The van der Waals surface area contributed by atoms with E-state index < -0.39 is 0 Å². The number of fused-ring (bicyclic) bond motifs is 3. The first-order valence-corrected chi connectivity index (χ1v) is 11.3. The van der Waals surface area contributed by atoms with Crippen molar-refractivity contribution in [2.75, 3.05) is 13.1 Å². The molecule has 0 aliphatic carbocycles. The second-order valence-electron chi connectivity index (χ2n) is 8.40. The summed E-state index contributed by atoms with van der Waals surface area (Å²) in [7, 11) is 0. The molecule has 2 N–H and O–H groups in total. The van der Waals surface area contributed by atoms with Gasteiger partial charge in [0.1, 0.15) is 6.04 Å². The molecule has 1 unspecified atom stereocenters. The highest BCUT2D eigenvalue weighted by Crippen LogP contribution is 2.28. The van der Waals surface area contributed by atoms with Gasteiger partial charge in [-0.05, 0) is 31.9 Å². The van der Waals surface area contributed by atoms with Gasteiger partial charge in [0, 0.05) is 35.7 Å². The Kier molecular flexibility index (Phi) is 6.01. The zero-order chi connectivity index (χ0) is 19.5. The first kappa shape index (κ1) is 19.5. The third-order valence-electron chi connectivity index (χ3n) is 5.94. The number of hydrogen-bond acceptors (Lipinski definition) is 4. The lowest BCUT2D eigenvalue weighted by molar-refractivity contribution is -0.945. The molecule has 0 spiro atoms. The lowest BCUT2D eigenvalue weighted by atomic mass is 9.75. The van der Waals surface area contributed by atoms with E-state index in [1.54, 1.807) is 16.7 Å². The maximum atomic E-state index is 12.5. The van der Waals surface area contributed by atoms with Gasteiger partial charge in [-0.15, -0.1) is 16.9 Å². The van der Waals surface area contributed by atoms with Crippen molar-refractivity contribution in [3.63, 3.8) is 0 Å². The minimum Gasteiger partial charge on any atom is -0.353 e. The summed E-state index contributed by atoms with van der Waals surface area (Å²) in [6, 6.07) is 11.2. The van der Waals surface area contributed by atoms with E-state index in [2.05, 4.69) is 46.1 Å². The Bertz CT molecular complexity index is 793. The number of carbonyl (C=O) groups is 1. The van der Waals surface area contributed by atoms with E-state index in [1.165, 1.54) is 17.9 Å². The predicted octanol–water partition coefficient (Wildman–Crippen LogP) is 1.39. The lowest BCUT2D eigenvalue weighted by Crippen LogP contribution is -3.20. The Morgan fingerprint density at radius 2 is 2.18 bits per heavy atom. The summed E-state index contributed by atoms with van der Waals surface area (Å²) in [5.74, 6) is 1.77. The molecule has 3 aliphatic rings. The highest BCUT2D eigenvalue weighted by molar-refractivity contribution is 7.98. The topological polar surface area (TPSA) is 64.2 Å². The van der Waals surface area contributed by atoms with Crippen LogP contribution < -0.4 is 10.2 Å². The monoisotopic (exact) mass is 400 g/mol. The second kappa shape index (κ2) is 8.66. The molecule has 1 aromatic heterocycles. The average Bonchev–Trinajstić information content (AvgIpc) is 3.14. The van der Waals surface area contributed by atoms with E-state index in [0.29, 0.717) is 12.0 Å². The van der Waals surface area contributed by atoms with Crippen LogP contribution in [0.4, 0.5) is 0 Å². The van der Waals surface area contributed by atoms with E-state index in [1.807, 2.05) is 24.6 Å². The van der Waals surface area contributed by atoms with Crippen LogP contribution in [0.5, 0.6) is 0 Å². The molecule has 3 aliphatic heterocycles. The van der Waals surface area contributed by atoms with Crippen LogP contribution in [0.2, 0.25) is 0 Å². The van der Waals surface area contributed by atoms with E-state index in [-0.39, 0.29) is 17.9 Å². The van der Waals surface area contributed by atoms with E-state index >= 15 is 0 Å². The molecule has 0 saturated carbocycles. The molecule has 0 radical (unpaired) electrons. The number of carbonyl (C=O) groups excluding carboxylic acids is 1. The Labute approximate surface area is 171 Å². The number of benzene rings is 1. The molecule has 5 rings (SSSR count). The summed E-state index contributed by atoms with van der Waals surface area (Å²) in [6.45, 7) is 7.10. The summed E-state index contributed by atoms with van der Waals surface area (Å²) in [6.07, 6.45) is 4.36. The van der Waals surface area contributed by atoms with Gasteiger partial charge in [-0.25, -0.2) is 4.68 Å². The van der Waals surface area contributed by atoms with Crippen molar-refractivity contribution in [1.29, 1.82) is 0 Å². The van der Waals surface area contributed by atoms with Crippen molar-refractivity contribution >= 4 is 17.7 Å². The number of nitrogens with zero attached hydrogens (tertiary/aromatic N) is 3. The average molecular weight is 401 g/mol. The summed E-state index contributed by atoms with van der Waals surface area (Å²) in [5.41, 5.74) is 1.02. The minimum atomic E-state index is 0.177.